The normalized spacial score (nSPS) is 25.5. The van der Waals surface area contributed by atoms with Crippen molar-refractivity contribution in [3.05, 3.63) is 69.2 Å². The van der Waals surface area contributed by atoms with E-state index in [1.807, 2.05) is 24.3 Å². The smallest absolute Gasteiger partial charge is 0.418 e. The maximum absolute atomic E-state index is 15.3. The maximum atomic E-state index is 15.3. The molecule has 2 saturated carbocycles. The molecule has 4 unspecified atom stereocenters. The van der Waals surface area contributed by atoms with Gasteiger partial charge in [-0.25, -0.2) is 0 Å². The molecule has 1 aliphatic heterocycles. The molecule has 0 amide bonds. The second-order valence-electron chi connectivity index (χ2n) is 14.1. The Morgan fingerprint density at radius 2 is 1.49 bits per heavy atom. The van der Waals surface area contributed by atoms with E-state index in [1.54, 1.807) is 21.0 Å². The van der Waals surface area contributed by atoms with Gasteiger partial charge in [0.1, 0.15) is 11.8 Å². The zero-order valence-electron chi connectivity index (χ0n) is 27.9. The van der Waals surface area contributed by atoms with Gasteiger partial charge in [-0.1, -0.05) is 92.2 Å². The minimum absolute atomic E-state index is 0.0329. The standard InChI is InChI=1S/C38H48F3N3O/c1-21(2)34-29(20-42)31(27-14-10-8-12-23(27)5)36(43-34)30(25-16-18-26(45-7)19-17-25)37-32(28-15-11-9-13-24(28)6)33(38(39,40)41)35(44-37)22(3)4/h16-19,21-24,27-28,43H,8-15H2,1-7H3/b37-30-. The quantitative estimate of drug-likeness (QED) is 0.335. The Morgan fingerprint density at radius 1 is 0.911 bits per heavy atom. The van der Waals surface area contributed by atoms with E-state index in [0.717, 1.165) is 67.5 Å². The highest BCUT2D eigenvalue weighted by atomic mass is 19.4. The number of hydrogen-bond donors (Lipinski definition) is 1. The van der Waals surface area contributed by atoms with E-state index >= 15 is 13.2 Å². The van der Waals surface area contributed by atoms with Crippen molar-refractivity contribution in [1.82, 2.24) is 4.98 Å². The second-order valence-corrected chi connectivity index (χ2v) is 14.1. The van der Waals surface area contributed by atoms with Gasteiger partial charge in [-0.3, -0.25) is 4.99 Å². The number of ether oxygens (including phenoxy) is 1. The SMILES string of the molecule is COc1ccc(/C(=C2/N=C(C(C)C)C(C(F)(F)F)=C2C2CCCCC2C)c2[nH]c(C(C)C)c(C#N)c2C2CCCCC2C)cc1. The Kier molecular flexibility index (Phi) is 9.73. The summed E-state index contributed by atoms with van der Waals surface area (Å²) in [6.45, 7) is 12.1. The van der Waals surface area contributed by atoms with Gasteiger partial charge in [-0.2, -0.15) is 18.4 Å². The average molecular weight is 620 g/mol. The zero-order valence-corrected chi connectivity index (χ0v) is 27.9. The van der Waals surface area contributed by atoms with Crippen molar-refractivity contribution in [1.29, 1.82) is 5.26 Å². The van der Waals surface area contributed by atoms with Gasteiger partial charge >= 0.3 is 6.18 Å². The summed E-state index contributed by atoms with van der Waals surface area (Å²) < 4.78 is 51.3. The van der Waals surface area contributed by atoms with Crippen LogP contribution >= 0.6 is 0 Å². The minimum Gasteiger partial charge on any atom is -0.497 e. The molecule has 4 nitrogen and oxygen atoms in total. The first-order chi connectivity index (χ1) is 21.4. The van der Waals surface area contributed by atoms with Gasteiger partial charge in [0, 0.05) is 11.3 Å². The Labute approximate surface area is 266 Å². The molecule has 2 fully saturated rings. The average Bonchev–Trinajstić information content (AvgIpc) is 3.58. The van der Waals surface area contributed by atoms with E-state index in [4.69, 9.17) is 9.73 Å². The molecule has 45 heavy (non-hydrogen) atoms. The molecule has 0 radical (unpaired) electrons. The lowest BCUT2D eigenvalue weighted by Gasteiger charge is -2.33. The molecule has 3 aliphatic rings. The Balaban J connectivity index is 1.95. The van der Waals surface area contributed by atoms with E-state index in [1.165, 1.54) is 0 Å². The molecule has 0 bridgehead atoms. The second kappa shape index (κ2) is 13.2. The molecule has 2 heterocycles. The number of hydrogen-bond acceptors (Lipinski definition) is 3. The third-order valence-corrected chi connectivity index (χ3v) is 10.4. The number of nitriles is 1. The minimum atomic E-state index is -4.54. The van der Waals surface area contributed by atoms with E-state index < -0.39 is 17.7 Å². The number of aromatic nitrogens is 1. The lowest BCUT2D eigenvalue weighted by molar-refractivity contribution is -0.0873. The number of methoxy groups -OCH3 is 1. The lowest BCUT2D eigenvalue weighted by atomic mass is 9.72. The molecular weight excluding hydrogens is 571 g/mol. The first-order valence-electron chi connectivity index (χ1n) is 16.8. The van der Waals surface area contributed by atoms with Crippen molar-refractivity contribution in [2.75, 3.05) is 7.11 Å². The number of nitrogens with zero attached hydrogens (tertiary/aromatic N) is 2. The lowest BCUT2D eigenvalue weighted by Crippen LogP contribution is -2.27. The molecular formula is C38H48F3N3O. The summed E-state index contributed by atoms with van der Waals surface area (Å²) in [5.41, 5.74) is 4.93. The van der Waals surface area contributed by atoms with Gasteiger partial charge in [-0.05, 0) is 77.2 Å². The number of halogens is 3. The molecule has 1 N–H and O–H groups in total. The first-order valence-corrected chi connectivity index (χ1v) is 16.8. The van der Waals surface area contributed by atoms with Gasteiger partial charge in [0.25, 0.3) is 0 Å². The molecule has 1 aromatic carbocycles. The van der Waals surface area contributed by atoms with E-state index in [0.29, 0.717) is 40.5 Å². The summed E-state index contributed by atoms with van der Waals surface area (Å²) in [5, 5.41) is 10.6. The van der Waals surface area contributed by atoms with Crippen LogP contribution in [0.25, 0.3) is 5.57 Å². The van der Waals surface area contributed by atoms with Crippen molar-refractivity contribution >= 4 is 11.3 Å². The Bertz CT molecular complexity index is 1530. The first kappa shape index (κ1) is 33.1. The summed E-state index contributed by atoms with van der Waals surface area (Å²) in [7, 11) is 1.60. The largest absolute Gasteiger partial charge is 0.497 e. The van der Waals surface area contributed by atoms with Crippen LogP contribution in [0.3, 0.4) is 0 Å². The van der Waals surface area contributed by atoms with Crippen LogP contribution in [0.1, 0.15) is 133 Å². The van der Waals surface area contributed by atoms with E-state index in [2.05, 4.69) is 38.7 Å². The topological polar surface area (TPSA) is 61.2 Å². The van der Waals surface area contributed by atoms with Crippen LogP contribution < -0.4 is 4.74 Å². The number of aromatic amines is 1. The number of alkyl halides is 3. The fourth-order valence-corrected chi connectivity index (χ4v) is 8.06. The predicted molar refractivity (Wildman–Crippen MR) is 175 cm³/mol. The highest BCUT2D eigenvalue weighted by molar-refractivity contribution is 6.09. The number of aliphatic imine (C=N–C) groups is 1. The van der Waals surface area contributed by atoms with E-state index in [9.17, 15) is 5.26 Å². The van der Waals surface area contributed by atoms with Crippen LogP contribution in [0.2, 0.25) is 0 Å². The van der Waals surface area contributed by atoms with Crippen molar-refractivity contribution < 1.29 is 17.9 Å². The fourth-order valence-electron chi connectivity index (χ4n) is 8.06. The van der Waals surface area contributed by atoms with Gasteiger partial charge in [0.15, 0.2) is 0 Å². The Hall–Kier alpha value is -3.27. The van der Waals surface area contributed by atoms with Crippen molar-refractivity contribution in [3.8, 4) is 11.8 Å². The van der Waals surface area contributed by atoms with Crippen molar-refractivity contribution in [2.45, 2.75) is 111 Å². The third-order valence-electron chi connectivity index (χ3n) is 10.4. The van der Waals surface area contributed by atoms with Crippen LogP contribution in [-0.4, -0.2) is 24.0 Å². The van der Waals surface area contributed by atoms with E-state index in [-0.39, 0.29) is 29.4 Å². The molecule has 7 heteroatoms. The monoisotopic (exact) mass is 619 g/mol. The third kappa shape index (κ3) is 6.27. The fraction of sp³-hybridized carbons (Fsp3) is 0.579. The molecule has 4 atom stereocenters. The number of H-pyrrole nitrogens is 1. The van der Waals surface area contributed by atoms with Gasteiger partial charge in [-0.15, -0.1) is 0 Å². The molecule has 242 valence electrons. The van der Waals surface area contributed by atoms with Gasteiger partial charge in [0.2, 0.25) is 0 Å². The molecule has 1 aromatic heterocycles. The molecule has 0 spiro atoms. The number of nitrogens with one attached hydrogen (secondary N) is 1. The van der Waals surface area contributed by atoms with Crippen LogP contribution in [0.15, 0.2) is 46.1 Å². The molecule has 5 rings (SSSR count). The highest BCUT2D eigenvalue weighted by Gasteiger charge is 2.48. The predicted octanol–water partition coefficient (Wildman–Crippen LogP) is 10.9. The van der Waals surface area contributed by atoms with Crippen LogP contribution in [-0.2, 0) is 0 Å². The summed E-state index contributed by atoms with van der Waals surface area (Å²) in [5.74, 6) is 0.604. The van der Waals surface area contributed by atoms with Crippen molar-refractivity contribution in [3.63, 3.8) is 0 Å². The molecule has 2 aliphatic carbocycles. The summed E-state index contributed by atoms with van der Waals surface area (Å²) >= 11 is 0. The molecule has 2 aromatic rings. The molecule has 0 saturated heterocycles. The van der Waals surface area contributed by atoms with Gasteiger partial charge < -0.3 is 9.72 Å². The zero-order chi connectivity index (χ0) is 32.6. The Morgan fingerprint density at radius 3 is 1.98 bits per heavy atom. The number of rotatable bonds is 7. The maximum Gasteiger partial charge on any atom is 0.418 e. The summed E-state index contributed by atoms with van der Waals surface area (Å²) in [4.78, 5) is 8.68. The summed E-state index contributed by atoms with van der Waals surface area (Å²) in [6, 6.07) is 10.1. The van der Waals surface area contributed by atoms with Crippen LogP contribution in [0.4, 0.5) is 13.2 Å². The number of allylic oxidation sites excluding steroid dienone is 2. The highest BCUT2D eigenvalue weighted by Crippen LogP contribution is 2.52. The summed E-state index contributed by atoms with van der Waals surface area (Å²) in [6.07, 6.45) is 3.19. The van der Waals surface area contributed by atoms with Crippen LogP contribution in [0, 0.1) is 35.0 Å². The van der Waals surface area contributed by atoms with Crippen LogP contribution in [0.5, 0.6) is 5.75 Å². The number of benzene rings is 1. The van der Waals surface area contributed by atoms with Gasteiger partial charge in [0.05, 0.1) is 35.3 Å². The van der Waals surface area contributed by atoms with Crippen molar-refractivity contribution in [2.24, 2.45) is 28.7 Å².